The van der Waals surface area contributed by atoms with Crippen molar-refractivity contribution in [3.63, 3.8) is 0 Å². The van der Waals surface area contributed by atoms with Gasteiger partial charge in [-0.1, -0.05) is 0 Å². The van der Waals surface area contributed by atoms with E-state index in [0.29, 0.717) is 46.6 Å². The molecule has 0 fully saturated rings. The number of hydrogen-bond donors (Lipinski definition) is 5. The third kappa shape index (κ3) is 4.19. The molecule has 2 aromatic heterocycles. The molecule has 14 nitrogen and oxygen atoms in total. The molecule has 0 unspecified atom stereocenters. The van der Waals surface area contributed by atoms with Crippen LogP contribution in [0.5, 0.6) is 23.0 Å². The number of phenolic OH excluding ortho intramolecular Hbond substituents is 2. The summed E-state index contributed by atoms with van der Waals surface area (Å²) in [5, 5.41) is 29.2. The fourth-order valence-electron chi connectivity index (χ4n) is 5.46. The molecule has 2 aliphatic heterocycles. The number of carbonyl (C=O) groups is 2. The van der Waals surface area contributed by atoms with Crippen LogP contribution in [0.2, 0.25) is 0 Å². The number of hydrogen-bond acceptors (Lipinski definition) is 10. The van der Waals surface area contributed by atoms with Crippen LogP contribution in [-0.4, -0.2) is 52.9 Å². The zero-order valence-corrected chi connectivity index (χ0v) is 23.3. The Kier molecular flexibility index (Phi) is 6.50. The van der Waals surface area contributed by atoms with Crippen LogP contribution >= 0.6 is 0 Å². The van der Waals surface area contributed by atoms with E-state index in [2.05, 4.69) is 9.97 Å². The van der Waals surface area contributed by atoms with E-state index < -0.39 is 17.5 Å². The Balaban J connectivity index is 0.000000182. The number of imidazole rings is 1. The highest BCUT2D eigenvalue weighted by atomic mass is 16.6. The molecule has 0 aliphatic carbocycles. The summed E-state index contributed by atoms with van der Waals surface area (Å²) in [5.74, 6) is -0.759. The minimum Gasteiger partial charge on any atom is -0.508 e. The average Bonchev–Trinajstić information content (AvgIpc) is 3.54. The number of phenols is 2. The molecular formula is C30H25N5O9. The van der Waals surface area contributed by atoms with Crippen molar-refractivity contribution in [3.8, 4) is 23.0 Å². The highest BCUT2D eigenvalue weighted by Crippen LogP contribution is 2.57. The van der Waals surface area contributed by atoms with Crippen molar-refractivity contribution in [2.45, 2.75) is 12.0 Å². The summed E-state index contributed by atoms with van der Waals surface area (Å²) in [6.07, 6.45) is 0.548. The normalized spacial score (nSPS) is 13.8. The van der Waals surface area contributed by atoms with Crippen molar-refractivity contribution in [3.05, 3.63) is 109 Å². The molecule has 14 heteroatoms. The molecule has 4 heterocycles. The molecule has 44 heavy (non-hydrogen) atoms. The molecule has 0 bridgehead atoms. The van der Waals surface area contributed by atoms with Gasteiger partial charge >= 0.3 is 17.6 Å². The Morgan fingerprint density at radius 2 is 1.57 bits per heavy atom. The lowest BCUT2D eigenvalue weighted by molar-refractivity contribution is 0.0224. The van der Waals surface area contributed by atoms with Gasteiger partial charge in [0.05, 0.1) is 11.1 Å². The molecule has 7 rings (SSSR count). The van der Waals surface area contributed by atoms with E-state index in [-0.39, 0.29) is 45.4 Å². The van der Waals surface area contributed by atoms with E-state index in [1.807, 2.05) is 0 Å². The minimum absolute atomic E-state index is 0.00331. The molecule has 2 aliphatic rings. The van der Waals surface area contributed by atoms with Gasteiger partial charge in [0.25, 0.3) is 5.56 Å². The van der Waals surface area contributed by atoms with Crippen LogP contribution in [-0.2, 0) is 30.9 Å². The first-order chi connectivity index (χ1) is 21.0. The lowest BCUT2D eigenvalue weighted by atomic mass is 9.77. The molecule has 0 saturated heterocycles. The molecule has 5 aromatic rings. The highest BCUT2D eigenvalue weighted by Gasteiger charge is 2.53. The number of aromatic nitrogens is 4. The highest BCUT2D eigenvalue weighted by molar-refractivity contribution is 5.99. The Morgan fingerprint density at radius 1 is 0.932 bits per heavy atom. The van der Waals surface area contributed by atoms with Gasteiger partial charge in [-0.15, -0.1) is 0 Å². The number of carboxylic acid groups (broad SMARTS) is 1. The zero-order valence-electron chi connectivity index (χ0n) is 23.3. The van der Waals surface area contributed by atoms with Gasteiger partial charge in [-0.2, -0.15) is 0 Å². The summed E-state index contributed by atoms with van der Waals surface area (Å²) >= 11 is 0. The van der Waals surface area contributed by atoms with Crippen molar-refractivity contribution in [1.82, 2.24) is 19.1 Å². The second kappa shape index (κ2) is 10.1. The zero-order chi connectivity index (χ0) is 31.5. The van der Waals surface area contributed by atoms with Crippen molar-refractivity contribution in [1.29, 1.82) is 0 Å². The Bertz CT molecular complexity index is 2090. The predicted octanol–water partition coefficient (Wildman–Crippen LogP) is 1.83. The van der Waals surface area contributed by atoms with Gasteiger partial charge in [-0.3, -0.25) is 13.9 Å². The number of carboxylic acids is 1. The first-order valence-electron chi connectivity index (χ1n) is 13.3. The van der Waals surface area contributed by atoms with E-state index >= 15 is 0 Å². The Hall–Kier alpha value is -5.89. The number of fused-ring (bicyclic) bond motifs is 7. The second-order valence-corrected chi connectivity index (χ2v) is 10.2. The number of aryl methyl sites for hydroxylation is 1. The van der Waals surface area contributed by atoms with Crippen molar-refractivity contribution < 1.29 is 34.4 Å². The Labute approximate surface area is 247 Å². The van der Waals surface area contributed by atoms with Crippen LogP contribution in [0.15, 0.2) is 64.2 Å². The first-order valence-corrected chi connectivity index (χ1v) is 13.3. The molecular weight excluding hydrogens is 574 g/mol. The van der Waals surface area contributed by atoms with Gasteiger partial charge in [0, 0.05) is 49.3 Å². The maximum atomic E-state index is 12.7. The SMILES string of the molecule is Cn1c(=O)c2[nH]c(CCN)nc2n(C)c1=O.O=C(O)c1ccc2c(c1)C1(OC2=O)c2ccc(O)cc2Oc2cc(O)ccc21. The second-order valence-electron chi connectivity index (χ2n) is 10.2. The summed E-state index contributed by atoms with van der Waals surface area (Å²) in [5.41, 5.74) is 5.40. The number of nitrogens with one attached hydrogen (secondary N) is 1. The average molecular weight is 600 g/mol. The van der Waals surface area contributed by atoms with Gasteiger partial charge < -0.3 is 35.5 Å². The van der Waals surface area contributed by atoms with Gasteiger partial charge in [0.1, 0.15) is 34.3 Å². The topological polar surface area (TPSA) is 212 Å². The maximum absolute atomic E-state index is 12.7. The number of ether oxygens (including phenoxy) is 2. The van der Waals surface area contributed by atoms with Crippen LogP contribution in [0.1, 0.15) is 43.2 Å². The smallest absolute Gasteiger partial charge is 0.340 e. The number of nitrogens with two attached hydrogens (primary N) is 1. The number of nitrogens with zero attached hydrogens (tertiary/aromatic N) is 3. The first kappa shape index (κ1) is 28.2. The monoisotopic (exact) mass is 599 g/mol. The lowest BCUT2D eigenvalue weighted by Crippen LogP contribution is -2.36. The number of benzene rings is 3. The van der Waals surface area contributed by atoms with Gasteiger partial charge in [-0.05, 0) is 49.0 Å². The number of rotatable bonds is 3. The summed E-state index contributed by atoms with van der Waals surface area (Å²) in [6.45, 7) is 0.439. The minimum atomic E-state index is -1.46. The molecule has 6 N–H and O–H groups in total. The lowest BCUT2D eigenvalue weighted by Gasteiger charge is -2.36. The summed E-state index contributed by atoms with van der Waals surface area (Å²) in [4.78, 5) is 54.6. The van der Waals surface area contributed by atoms with Crippen molar-refractivity contribution in [2.24, 2.45) is 19.8 Å². The van der Waals surface area contributed by atoms with Crippen LogP contribution in [0.3, 0.4) is 0 Å². The number of esters is 1. The van der Waals surface area contributed by atoms with Crippen molar-refractivity contribution >= 4 is 23.1 Å². The van der Waals surface area contributed by atoms with Gasteiger partial charge in [-0.25, -0.2) is 19.4 Å². The van der Waals surface area contributed by atoms with Crippen molar-refractivity contribution in [2.75, 3.05) is 6.54 Å². The molecule has 0 radical (unpaired) electrons. The quantitative estimate of drug-likeness (QED) is 0.189. The third-order valence-corrected chi connectivity index (χ3v) is 7.55. The number of aromatic amines is 1. The molecule has 0 amide bonds. The number of aromatic hydroxyl groups is 2. The van der Waals surface area contributed by atoms with E-state index in [1.54, 1.807) is 19.2 Å². The van der Waals surface area contributed by atoms with Crippen LogP contribution in [0, 0.1) is 0 Å². The standard InChI is InChI=1S/C21H12O7.C9H13N5O2/c22-11-2-5-14-17(8-11)27-18-9-12(23)3-6-15(18)21(14)16-7-10(19(24)25)1-4-13(16)20(26)28-21;1-13-7-6(8(15)14(2)9(13)16)11-5(12-7)3-4-10/h1-9,22-23H,(H,24,25);3-4,10H2,1-2H3,(H,11,12). The van der Waals surface area contributed by atoms with Crippen LogP contribution in [0.4, 0.5) is 0 Å². The fraction of sp³-hybridized carbons (Fsp3) is 0.167. The summed E-state index contributed by atoms with van der Waals surface area (Å²) < 4.78 is 14.1. The van der Waals surface area contributed by atoms with Crippen LogP contribution < -0.4 is 21.7 Å². The van der Waals surface area contributed by atoms with Gasteiger partial charge in [0.15, 0.2) is 11.2 Å². The number of aromatic carboxylic acids is 1. The van der Waals surface area contributed by atoms with E-state index in [0.717, 1.165) is 4.57 Å². The van der Waals surface area contributed by atoms with E-state index in [9.17, 15) is 34.5 Å². The van der Waals surface area contributed by atoms with Crippen LogP contribution in [0.25, 0.3) is 11.2 Å². The largest absolute Gasteiger partial charge is 0.508 e. The third-order valence-electron chi connectivity index (χ3n) is 7.55. The molecule has 3 aromatic carbocycles. The molecule has 0 saturated carbocycles. The number of carbonyl (C=O) groups excluding carboxylic acids is 1. The summed E-state index contributed by atoms with van der Waals surface area (Å²) in [7, 11) is 3.02. The molecule has 0 atom stereocenters. The van der Waals surface area contributed by atoms with E-state index in [4.69, 9.17) is 15.2 Å². The molecule has 1 spiro atoms. The fourth-order valence-corrected chi connectivity index (χ4v) is 5.46. The Morgan fingerprint density at radius 3 is 2.16 bits per heavy atom. The summed E-state index contributed by atoms with van der Waals surface area (Å²) in [6, 6.07) is 12.9. The maximum Gasteiger partial charge on any atom is 0.340 e. The molecule has 224 valence electrons. The van der Waals surface area contributed by atoms with Gasteiger partial charge in [0.2, 0.25) is 0 Å². The number of H-pyrrole nitrogens is 1. The predicted molar refractivity (Wildman–Crippen MR) is 154 cm³/mol. The van der Waals surface area contributed by atoms with E-state index in [1.165, 1.54) is 54.1 Å².